The third-order valence-corrected chi connectivity index (χ3v) is 13.3. The van der Waals surface area contributed by atoms with Crippen molar-refractivity contribution < 1.29 is 9.13 Å². The quantitative estimate of drug-likeness (QED) is 0.162. The lowest BCUT2D eigenvalue weighted by Gasteiger charge is -2.26. The first-order chi connectivity index (χ1) is 25.7. The molecule has 6 heteroatoms. The summed E-state index contributed by atoms with van der Waals surface area (Å²) in [5, 5.41) is 5.12. The normalized spacial score (nSPS) is 13.7. The van der Waals surface area contributed by atoms with Crippen LogP contribution in [0.3, 0.4) is 0 Å². The van der Waals surface area contributed by atoms with Crippen molar-refractivity contribution in [1.82, 2.24) is 0 Å². The van der Waals surface area contributed by atoms with E-state index < -0.39 is 15.6 Å². The van der Waals surface area contributed by atoms with Crippen LogP contribution in [0.4, 0.5) is 34.1 Å². The molecule has 2 unspecified atom stereocenters. The van der Waals surface area contributed by atoms with E-state index in [1.54, 1.807) is 0 Å². The van der Waals surface area contributed by atoms with Gasteiger partial charge < -0.3 is 9.80 Å². The van der Waals surface area contributed by atoms with Crippen molar-refractivity contribution in [3.8, 4) is 22.3 Å². The molecule has 0 N–H and O–H groups in total. The molecule has 0 fully saturated rings. The van der Waals surface area contributed by atoms with Crippen LogP contribution in [0.25, 0.3) is 33.0 Å². The van der Waals surface area contributed by atoms with Crippen molar-refractivity contribution in [2.24, 2.45) is 0 Å². The highest BCUT2D eigenvalue weighted by Crippen LogP contribution is 2.49. The zero-order chi connectivity index (χ0) is 34.8. The molecule has 0 aromatic heterocycles. The zero-order valence-corrected chi connectivity index (χ0v) is 29.7. The summed E-state index contributed by atoms with van der Waals surface area (Å²) in [5.74, 6) is 0. The van der Waals surface area contributed by atoms with Crippen molar-refractivity contribution in [1.29, 1.82) is 0 Å². The molecule has 8 aromatic carbocycles. The van der Waals surface area contributed by atoms with E-state index in [0.717, 1.165) is 88.4 Å². The Hall–Kier alpha value is -6.18. The first-order valence-electron chi connectivity index (χ1n) is 17.3. The number of benzene rings is 8. The molecule has 10 rings (SSSR count). The molecule has 2 aliphatic rings. The fourth-order valence-corrected chi connectivity index (χ4v) is 11.0. The third kappa shape index (κ3) is 4.77. The Kier molecular flexibility index (Phi) is 7.22. The molecule has 4 nitrogen and oxygen atoms in total. The molecule has 0 spiro atoms. The Morgan fingerprint density at radius 2 is 0.596 bits per heavy atom. The molecule has 0 saturated carbocycles. The van der Waals surface area contributed by atoms with Crippen molar-refractivity contribution >= 4 is 81.7 Å². The fourth-order valence-electron chi connectivity index (χ4n) is 7.82. The van der Waals surface area contributed by atoms with Gasteiger partial charge in [-0.1, -0.05) is 94.1 Å². The van der Waals surface area contributed by atoms with Crippen LogP contribution in [0, 0.1) is 0 Å². The van der Waals surface area contributed by atoms with Gasteiger partial charge in [0.05, 0.1) is 11.4 Å². The van der Waals surface area contributed by atoms with E-state index in [1.165, 1.54) is 0 Å². The van der Waals surface area contributed by atoms with E-state index in [1.807, 2.05) is 84.9 Å². The first-order valence-corrected chi connectivity index (χ1v) is 19.8. The molecule has 0 saturated heterocycles. The van der Waals surface area contributed by atoms with Gasteiger partial charge >= 0.3 is 15.6 Å². The summed E-state index contributed by atoms with van der Waals surface area (Å²) in [6.45, 7) is 0. The zero-order valence-electron chi connectivity index (χ0n) is 27.9. The summed E-state index contributed by atoms with van der Waals surface area (Å²) < 4.78 is 29.3. The standard InChI is InChI=1S/C46H30N2O2P2/c49-51-41-27-28-42-46-40(38-24-22-36(30-44(38)52(42)50)48(33-17-9-3-10-18-33)34-19-11-4-12-20-34)26-25-39(45(41)46)37-23-21-35(29-43(37)51)47(31-13-5-1-6-14-31)32-15-7-2-8-16-32/h1-30H/q+2. The molecule has 0 aliphatic carbocycles. The minimum absolute atomic E-state index is 0.795. The molecule has 2 aliphatic heterocycles. The van der Waals surface area contributed by atoms with Gasteiger partial charge in [-0.15, -0.1) is 0 Å². The summed E-state index contributed by atoms with van der Waals surface area (Å²) in [6, 6.07) is 61.9. The van der Waals surface area contributed by atoms with Gasteiger partial charge in [0, 0.05) is 56.8 Å². The second-order valence-corrected chi connectivity index (χ2v) is 16.1. The predicted molar refractivity (Wildman–Crippen MR) is 218 cm³/mol. The molecule has 52 heavy (non-hydrogen) atoms. The Bertz CT molecular complexity index is 2450. The topological polar surface area (TPSA) is 40.6 Å². The molecule has 2 heterocycles. The number of anilines is 6. The summed E-state index contributed by atoms with van der Waals surface area (Å²) in [7, 11) is -3.84. The van der Waals surface area contributed by atoms with E-state index in [4.69, 9.17) is 0 Å². The third-order valence-electron chi connectivity index (χ3n) is 10.1. The summed E-state index contributed by atoms with van der Waals surface area (Å²) in [6.07, 6.45) is 0. The van der Waals surface area contributed by atoms with Gasteiger partial charge in [-0.25, -0.2) is 0 Å². The maximum atomic E-state index is 14.6. The van der Waals surface area contributed by atoms with Crippen LogP contribution >= 0.6 is 15.6 Å². The molecule has 244 valence electrons. The van der Waals surface area contributed by atoms with Crippen molar-refractivity contribution in [3.63, 3.8) is 0 Å². The van der Waals surface area contributed by atoms with Crippen LogP contribution in [0.5, 0.6) is 0 Å². The summed E-state index contributed by atoms with van der Waals surface area (Å²) in [5.41, 5.74) is 9.98. The second kappa shape index (κ2) is 12.2. The van der Waals surface area contributed by atoms with E-state index >= 15 is 0 Å². The lowest BCUT2D eigenvalue weighted by Crippen LogP contribution is -2.24. The molecule has 8 aromatic rings. The van der Waals surface area contributed by atoms with Crippen LogP contribution in [0.15, 0.2) is 182 Å². The Morgan fingerprint density at radius 3 is 0.923 bits per heavy atom. The van der Waals surface area contributed by atoms with Crippen LogP contribution in [-0.4, -0.2) is 0 Å². The number of hydrogen-bond acceptors (Lipinski definition) is 4. The van der Waals surface area contributed by atoms with Crippen molar-refractivity contribution in [2.45, 2.75) is 0 Å². The predicted octanol–water partition coefficient (Wildman–Crippen LogP) is 11.3. The molecular weight excluding hydrogens is 674 g/mol. The van der Waals surface area contributed by atoms with Crippen LogP contribution in [-0.2, 0) is 9.13 Å². The fraction of sp³-hybridized carbons (Fsp3) is 0. The molecule has 0 amide bonds. The molecule has 2 atom stereocenters. The van der Waals surface area contributed by atoms with E-state index in [2.05, 4.69) is 107 Å². The van der Waals surface area contributed by atoms with Gasteiger partial charge in [-0.2, -0.15) is 0 Å². The monoisotopic (exact) mass is 704 g/mol. The molecular formula is C46H30N2O2P2+2. The number of nitrogens with zero attached hydrogens (tertiary/aromatic N) is 2. The maximum absolute atomic E-state index is 14.6. The highest BCUT2D eigenvalue weighted by atomic mass is 31.1. The number of fused-ring (bicyclic) bond motifs is 4. The van der Waals surface area contributed by atoms with E-state index in [9.17, 15) is 9.13 Å². The van der Waals surface area contributed by atoms with E-state index in [0.29, 0.717) is 0 Å². The second-order valence-electron chi connectivity index (χ2n) is 13.0. The van der Waals surface area contributed by atoms with Gasteiger partial charge in [0.15, 0.2) is 0 Å². The lowest BCUT2D eigenvalue weighted by molar-refractivity contribution is 0.597. The number of para-hydroxylation sites is 4. The average Bonchev–Trinajstić information content (AvgIpc) is 3.21. The average molecular weight is 705 g/mol. The van der Waals surface area contributed by atoms with Crippen molar-refractivity contribution in [3.05, 3.63) is 182 Å². The largest absolute Gasteiger partial charge is 0.416 e. The summed E-state index contributed by atoms with van der Waals surface area (Å²) in [4.78, 5) is 4.40. The van der Waals surface area contributed by atoms with Gasteiger partial charge in [0.2, 0.25) is 21.2 Å². The first kappa shape index (κ1) is 30.6. The van der Waals surface area contributed by atoms with Gasteiger partial charge in [-0.3, -0.25) is 0 Å². The Labute approximate surface area is 303 Å². The molecule has 0 radical (unpaired) electrons. The van der Waals surface area contributed by atoms with Gasteiger partial charge in [0.25, 0.3) is 0 Å². The Morgan fingerprint density at radius 1 is 0.288 bits per heavy atom. The van der Waals surface area contributed by atoms with Crippen molar-refractivity contribution in [2.75, 3.05) is 9.80 Å². The highest BCUT2D eigenvalue weighted by molar-refractivity contribution is 7.63. The maximum Gasteiger partial charge on any atom is 0.416 e. The van der Waals surface area contributed by atoms with Gasteiger partial charge in [0.1, 0.15) is 0 Å². The molecule has 0 bridgehead atoms. The van der Waals surface area contributed by atoms with Crippen LogP contribution in [0.1, 0.15) is 0 Å². The number of hydrogen-bond donors (Lipinski definition) is 0. The number of rotatable bonds is 6. The van der Waals surface area contributed by atoms with Crippen LogP contribution in [0.2, 0.25) is 0 Å². The highest BCUT2D eigenvalue weighted by Gasteiger charge is 2.44. The Balaban J connectivity index is 1.11. The van der Waals surface area contributed by atoms with Gasteiger partial charge in [-0.05, 0) is 96.1 Å². The van der Waals surface area contributed by atoms with E-state index in [-0.39, 0.29) is 0 Å². The van der Waals surface area contributed by atoms with Crippen LogP contribution < -0.4 is 31.0 Å². The lowest BCUT2D eigenvalue weighted by atomic mass is 9.91. The summed E-state index contributed by atoms with van der Waals surface area (Å²) >= 11 is 0. The minimum atomic E-state index is -1.92. The smallest absolute Gasteiger partial charge is 0.310 e. The SMILES string of the molecule is O=[P+]1c2cc(N(c3ccccc3)c3ccccc3)ccc2-c2ccc3c4c(ccc1c24)[P+](=O)c1cc(N(c2ccccc2)c2ccccc2)ccc1-3. The minimum Gasteiger partial charge on any atom is -0.310 e.